The Bertz CT molecular complexity index is 1080. The first-order valence-electron chi connectivity index (χ1n) is 9.01. The number of hydrogen-bond acceptors (Lipinski definition) is 9. The van der Waals surface area contributed by atoms with Crippen molar-refractivity contribution in [2.45, 2.75) is 26.0 Å². The molecule has 0 amide bonds. The minimum Gasteiger partial charge on any atom is -0.504 e. The van der Waals surface area contributed by atoms with Crippen LogP contribution < -0.4 is 11.1 Å². The fourth-order valence-electron chi connectivity index (χ4n) is 2.82. The first-order chi connectivity index (χ1) is 14.1. The summed E-state index contributed by atoms with van der Waals surface area (Å²) in [7, 11) is -4.25. The Kier molecular flexibility index (Phi) is 6.42. The van der Waals surface area contributed by atoms with Gasteiger partial charge >= 0.3 is 7.60 Å². The van der Waals surface area contributed by atoms with Crippen molar-refractivity contribution >= 4 is 30.5 Å². The number of nitrogens with two attached hydrogens (primary N) is 1. The van der Waals surface area contributed by atoms with Crippen LogP contribution in [0.3, 0.4) is 0 Å². The maximum Gasteiger partial charge on any atom is 0.350 e. The lowest BCUT2D eigenvalue weighted by Gasteiger charge is -2.14. The van der Waals surface area contributed by atoms with Gasteiger partial charge in [-0.15, -0.1) is 0 Å². The number of nitrogens with zero attached hydrogens (tertiary/aromatic N) is 4. The molecule has 7 N–H and O–H groups in total. The van der Waals surface area contributed by atoms with E-state index in [-0.39, 0.29) is 24.0 Å². The van der Waals surface area contributed by atoms with E-state index in [9.17, 15) is 14.8 Å². The van der Waals surface area contributed by atoms with Gasteiger partial charge < -0.3 is 40.4 Å². The van der Waals surface area contributed by atoms with Gasteiger partial charge in [0.1, 0.15) is 6.35 Å². The molecule has 1 atom stereocenters. The van der Waals surface area contributed by atoms with E-state index < -0.39 is 20.0 Å². The topological polar surface area (TPSA) is 189 Å². The lowest BCUT2D eigenvalue weighted by molar-refractivity contribution is 0.0764. The number of phenols is 2. The average Bonchev–Trinajstić information content (AvgIpc) is 3.05. The van der Waals surface area contributed by atoms with Crippen LogP contribution in [0.5, 0.6) is 11.5 Å². The van der Waals surface area contributed by atoms with Gasteiger partial charge in [0.05, 0.1) is 19.0 Å². The van der Waals surface area contributed by atoms with E-state index in [1.165, 1.54) is 18.5 Å². The van der Waals surface area contributed by atoms with Gasteiger partial charge in [-0.2, -0.15) is 9.97 Å². The van der Waals surface area contributed by atoms with Crippen LogP contribution in [-0.4, -0.2) is 58.5 Å². The van der Waals surface area contributed by atoms with Crippen molar-refractivity contribution in [1.29, 1.82) is 0 Å². The van der Waals surface area contributed by atoms with Gasteiger partial charge in [-0.1, -0.05) is 6.07 Å². The Morgan fingerprint density at radius 1 is 1.27 bits per heavy atom. The predicted octanol–water partition coefficient (Wildman–Crippen LogP) is 1.01. The van der Waals surface area contributed by atoms with Crippen molar-refractivity contribution in [1.82, 2.24) is 19.5 Å². The summed E-state index contributed by atoms with van der Waals surface area (Å²) in [4.78, 5) is 30.5. The van der Waals surface area contributed by atoms with Crippen LogP contribution in [-0.2, 0) is 22.3 Å². The van der Waals surface area contributed by atoms with Crippen LogP contribution >= 0.6 is 7.60 Å². The number of fused-ring (bicyclic) bond motifs is 1. The molecule has 1 unspecified atom stereocenters. The SMILES string of the molecule is CC(Cn1cnc2c(NCCc3ccc(O)c(O)c3)nc(N)nc21)OCP(=O)(O)O. The zero-order valence-electron chi connectivity index (χ0n) is 16.1. The monoisotopic (exact) mass is 438 g/mol. The molecule has 3 aromatic rings. The van der Waals surface area contributed by atoms with Crippen LogP contribution in [0.25, 0.3) is 11.2 Å². The van der Waals surface area contributed by atoms with E-state index in [2.05, 4.69) is 20.3 Å². The van der Waals surface area contributed by atoms with Crippen molar-refractivity contribution in [3.63, 3.8) is 0 Å². The maximum absolute atomic E-state index is 11.0. The molecular formula is C17H23N6O6P. The molecule has 12 nitrogen and oxygen atoms in total. The summed E-state index contributed by atoms with van der Waals surface area (Å²) in [6.45, 7) is 2.40. The van der Waals surface area contributed by atoms with Crippen LogP contribution in [0, 0.1) is 0 Å². The zero-order valence-corrected chi connectivity index (χ0v) is 17.0. The van der Waals surface area contributed by atoms with Crippen LogP contribution in [0.15, 0.2) is 24.5 Å². The third-order valence-corrected chi connectivity index (χ3v) is 4.69. The number of imidazole rings is 1. The number of hydrogen-bond donors (Lipinski definition) is 6. The third-order valence-electron chi connectivity index (χ3n) is 4.21. The van der Waals surface area contributed by atoms with E-state index in [4.69, 9.17) is 20.3 Å². The molecule has 2 heterocycles. The van der Waals surface area contributed by atoms with Crippen molar-refractivity contribution in [2.75, 3.05) is 23.9 Å². The van der Waals surface area contributed by atoms with E-state index in [0.29, 0.717) is 29.9 Å². The standard InChI is InChI=1S/C17H23N6O6P/c1-10(29-9-30(26,27)28)7-23-8-20-14-15(21-17(18)22-16(14)23)19-5-4-11-2-3-12(24)13(25)6-11/h2-3,6,8,10,24-25H,4-5,7,9H2,1H3,(H2,26,27,28)(H3,18,19,21,22). The molecule has 162 valence electrons. The minimum absolute atomic E-state index is 0.0396. The number of benzene rings is 1. The second kappa shape index (κ2) is 8.84. The minimum atomic E-state index is -4.25. The number of ether oxygens (including phenoxy) is 1. The molecule has 0 saturated carbocycles. The summed E-state index contributed by atoms with van der Waals surface area (Å²) in [6.07, 6.45) is 0.911. The lowest BCUT2D eigenvalue weighted by Crippen LogP contribution is -2.17. The summed E-state index contributed by atoms with van der Waals surface area (Å²) >= 11 is 0. The summed E-state index contributed by atoms with van der Waals surface area (Å²) in [5, 5.41) is 22.1. The van der Waals surface area contributed by atoms with Gasteiger partial charge in [-0.25, -0.2) is 4.98 Å². The average molecular weight is 438 g/mol. The van der Waals surface area contributed by atoms with Gasteiger partial charge in [0.2, 0.25) is 5.95 Å². The van der Waals surface area contributed by atoms with Crippen molar-refractivity contribution in [2.24, 2.45) is 0 Å². The van der Waals surface area contributed by atoms with Crippen molar-refractivity contribution in [3.05, 3.63) is 30.1 Å². The van der Waals surface area contributed by atoms with E-state index >= 15 is 0 Å². The molecule has 0 aliphatic rings. The molecule has 0 fully saturated rings. The molecule has 3 rings (SSSR count). The van der Waals surface area contributed by atoms with Gasteiger partial charge in [0, 0.05) is 6.54 Å². The molecule has 0 saturated heterocycles. The fourth-order valence-corrected chi connectivity index (χ4v) is 3.27. The van der Waals surface area contributed by atoms with Gasteiger partial charge in [-0.05, 0) is 31.0 Å². The van der Waals surface area contributed by atoms with E-state index in [1.54, 1.807) is 17.6 Å². The Labute approximate surface area is 171 Å². The molecule has 0 bridgehead atoms. The zero-order chi connectivity index (χ0) is 21.9. The summed E-state index contributed by atoms with van der Waals surface area (Å²) in [5.41, 5.74) is 7.58. The summed E-state index contributed by atoms with van der Waals surface area (Å²) in [5.74, 6) is 0.109. The largest absolute Gasteiger partial charge is 0.504 e. The first kappa shape index (κ1) is 21.8. The highest BCUT2D eigenvalue weighted by molar-refractivity contribution is 7.51. The smallest absolute Gasteiger partial charge is 0.350 e. The number of nitrogens with one attached hydrogen (secondary N) is 1. The number of phenolic OH excluding ortho intramolecular Hbond substituents is 2. The third kappa shape index (κ3) is 5.57. The van der Waals surface area contributed by atoms with E-state index in [1.807, 2.05) is 0 Å². The van der Waals surface area contributed by atoms with Crippen LogP contribution in [0.1, 0.15) is 12.5 Å². The Morgan fingerprint density at radius 2 is 2.03 bits per heavy atom. The van der Waals surface area contributed by atoms with Crippen molar-refractivity contribution in [3.8, 4) is 11.5 Å². The molecule has 2 aromatic heterocycles. The quantitative estimate of drug-likeness (QED) is 0.207. The highest BCUT2D eigenvalue weighted by Gasteiger charge is 2.18. The summed E-state index contributed by atoms with van der Waals surface area (Å²) in [6, 6.07) is 4.60. The van der Waals surface area contributed by atoms with Gasteiger partial charge in [0.15, 0.2) is 28.5 Å². The van der Waals surface area contributed by atoms with E-state index in [0.717, 1.165) is 5.56 Å². The summed E-state index contributed by atoms with van der Waals surface area (Å²) < 4.78 is 17.8. The number of rotatable bonds is 9. The first-order valence-corrected chi connectivity index (χ1v) is 10.8. The molecule has 13 heteroatoms. The highest BCUT2D eigenvalue weighted by Crippen LogP contribution is 2.34. The molecule has 0 aliphatic heterocycles. The molecule has 30 heavy (non-hydrogen) atoms. The van der Waals surface area contributed by atoms with Gasteiger partial charge in [0.25, 0.3) is 0 Å². The lowest BCUT2D eigenvalue weighted by atomic mass is 10.1. The van der Waals surface area contributed by atoms with Crippen LogP contribution in [0.2, 0.25) is 0 Å². The van der Waals surface area contributed by atoms with Crippen LogP contribution in [0.4, 0.5) is 11.8 Å². The Hall–Kier alpha value is -2.92. The molecule has 0 aliphatic carbocycles. The Balaban J connectivity index is 1.70. The highest BCUT2D eigenvalue weighted by atomic mass is 31.2. The van der Waals surface area contributed by atoms with Gasteiger partial charge in [-0.3, -0.25) is 4.57 Å². The maximum atomic E-state index is 11.0. The molecule has 1 aromatic carbocycles. The number of aromatic nitrogens is 4. The number of aromatic hydroxyl groups is 2. The second-order valence-corrected chi connectivity index (χ2v) is 8.36. The predicted molar refractivity (Wildman–Crippen MR) is 109 cm³/mol. The molecular weight excluding hydrogens is 415 g/mol. The molecule has 0 radical (unpaired) electrons. The second-order valence-electron chi connectivity index (χ2n) is 6.77. The number of anilines is 2. The Morgan fingerprint density at radius 3 is 2.73 bits per heavy atom. The fraction of sp³-hybridized carbons (Fsp3) is 0.353. The normalized spacial score (nSPS) is 12.9. The number of nitrogen functional groups attached to an aromatic ring is 1. The molecule has 0 spiro atoms. The van der Waals surface area contributed by atoms with Crippen molar-refractivity contribution < 1.29 is 29.3 Å².